The van der Waals surface area contributed by atoms with E-state index in [1.165, 1.54) is 49.8 Å². The van der Waals surface area contributed by atoms with Gasteiger partial charge >= 0.3 is 0 Å². The first-order valence-corrected chi connectivity index (χ1v) is 8.86. The van der Waals surface area contributed by atoms with Crippen LogP contribution in [0.25, 0.3) is 0 Å². The minimum atomic E-state index is 0.811. The number of hydrogen-bond donors (Lipinski definition) is 1. The Morgan fingerprint density at radius 1 is 1.05 bits per heavy atom. The van der Waals surface area contributed by atoms with Gasteiger partial charge < -0.3 is 5.32 Å². The average molecular weight is 288 g/mol. The van der Waals surface area contributed by atoms with E-state index in [1.807, 2.05) is 0 Å². The van der Waals surface area contributed by atoms with Crippen LogP contribution in [0.5, 0.6) is 0 Å². The number of benzene rings is 1. The standard InChI is InChI=1S/C19H32N2/c1-3-20-15-14-17-10-8-9-11-18(17)16-21(4-2)19-12-6-5-7-13-19/h8-11,19-20H,3-7,12-16H2,1-2H3. The van der Waals surface area contributed by atoms with E-state index in [0.29, 0.717) is 0 Å². The van der Waals surface area contributed by atoms with Crippen LogP contribution in [0.2, 0.25) is 0 Å². The zero-order chi connectivity index (χ0) is 14.9. The normalized spacial score (nSPS) is 16.5. The van der Waals surface area contributed by atoms with E-state index in [1.54, 1.807) is 0 Å². The molecule has 0 bridgehead atoms. The predicted molar refractivity (Wildman–Crippen MR) is 91.6 cm³/mol. The van der Waals surface area contributed by atoms with Crippen LogP contribution in [0.15, 0.2) is 24.3 Å². The molecule has 0 radical (unpaired) electrons. The summed E-state index contributed by atoms with van der Waals surface area (Å²) in [6, 6.07) is 9.82. The Morgan fingerprint density at radius 3 is 2.43 bits per heavy atom. The predicted octanol–water partition coefficient (Wildman–Crippen LogP) is 3.99. The molecule has 2 rings (SSSR count). The van der Waals surface area contributed by atoms with Crippen LogP contribution < -0.4 is 5.32 Å². The molecule has 1 aliphatic rings. The monoisotopic (exact) mass is 288 g/mol. The maximum atomic E-state index is 3.44. The molecular formula is C19H32N2. The van der Waals surface area contributed by atoms with Gasteiger partial charge in [-0.15, -0.1) is 0 Å². The van der Waals surface area contributed by atoms with Gasteiger partial charge in [0.2, 0.25) is 0 Å². The molecule has 2 heteroatoms. The molecule has 1 saturated carbocycles. The van der Waals surface area contributed by atoms with Gasteiger partial charge in [-0.25, -0.2) is 0 Å². The molecule has 2 nitrogen and oxygen atoms in total. The lowest BCUT2D eigenvalue weighted by Gasteiger charge is -2.34. The van der Waals surface area contributed by atoms with Crippen LogP contribution in [0.1, 0.15) is 57.1 Å². The number of hydrogen-bond acceptors (Lipinski definition) is 2. The summed E-state index contributed by atoms with van der Waals surface area (Å²) in [7, 11) is 0. The number of likely N-dealkylation sites (N-methyl/N-ethyl adjacent to an activating group) is 1. The largest absolute Gasteiger partial charge is 0.317 e. The highest BCUT2D eigenvalue weighted by molar-refractivity contribution is 5.27. The van der Waals surface area contributed by atoms with Gasteiger partial charge in [-0.05, 0) is 50.0 Å². The minimum Gasteiger partial charge on any atom is -0.317 e. The van der Waals surface area contributed by atoms with Gasteiger partial charge in [-0.2, -0.15) is 0 Å². The maximum absolute atomic E-state index is 3.44. The van der Waals surface area contributed by atoms with Crippen molar-refractivity contribution in [3.8, 4) is 0 Å². The van der Waals surface area contributed by atoms with Crippen LogP contribution >= 0.6 is 0 Å². The van der Waals surface area contributed by atoms with Crippen molar-refractivity contribution in [3.05, 3.63) is 35.4 Å². The maximum Gasteiger partial charge on any atom is 0.0239 e. The molecule has 1 aromatic carbocycles. The van der Waals surface area contributed by atoms with Crippen molar-refractivity contribution >= 4 is 0 Å². The zero-order valence-electron chi connectivity index (χ0n) is 13.9. The van der Waals surface area contributed by atoms with E-state index in [0.717, 1.165) is 32.1 Å². The van der Waals surface area contributed by atoms with Gasteiger partial charge in [0.1, 0.15) is 0 Å². The molecule has 0 spiro atoms. The van der Waals surface area contributed by atoms with Crippen molar-refractivity contribution < 1.29 is 0 Å². The second kappa shape index (κ2) is 9.22. The third-order valence-electron chi connectivity index (χ3n) is 4.81. The van der Waals surface area contributed by atoms with Gasteiger partial charge in [0.15, 0.2) is 0 Å². The summed E-state index contributed by atoms with van der Waals surface area (Å²) in [6.45, 7) is 8.94. The van der Waals surface area contributed by atoms with E-state index in [-0.39, 0.29) is 0 Å². The Labute approximate surface area is 130 Å². The molecular weight excluding hydrogens is 256 g/mol. The SMILES string of the molecule is CCNCCc1ccccc1CN(CC)C1CCCCC1. The molecule has 0 aromatic heterocycles. The Hall–Kier alpha value is -0.860. The third-order valence-corrected chi connectivity index (χ3v) is 4.81. The van der Waals surface area contributed by atoms with E-state index < -0.39 is 0 Å². The van der Waals surface area contributed by atoms with Gasteiger partial charge in [0.05, 0.1) is 0 Å². The average Bonchev–Trinajstić information content (AvgIpc) is 2.55. The molecule has 118 valence electrons. The Bertz CT molecular complexity index is 396. The first-order chi connectivity index (χ1) is 10.3. The Balaban J connectivity index is 1.99. The van der Waals surface area contributed by atoms with Crippen LogP contribution in [0.4, 0.5) is 0 Å². The highest BCUT2D eigenvalue weighted by Crippen LogP contribution is 2.24. The molecule has 0 heterocycles. The zero-order valence-corrected chi connectivity index (χ0v) is 13.9. The second-order valence-electron chi connectivity index (χ2n) is 6.23. The molecule has 0 unspecified atom stereocenters. The fraction of sp³-hybridized carbons (Fsp3) is 0.684. The highest BCUT2D eigenvalue weighted by atomic mass is 15.1. The van der Waals surface area contributed by atoms with Crippen molar-refractivity contribution in [2.75, 3.05) is 19.6 Å². The van der Waals surface area contributed by atoms with E-state index in [9.17, 15) is 0 Å². The summed E-state index contributed by atoms with van der Waals surface area (Å²) < 4.78 is 0. The van der Waals surface area contributed by atoms with Crippen LogP contribution in [-0.4, -0.2) is 30.6 Å². The number of nitrogens with one attached hydrogen (secondary N) is 1. The van der Waals surface area contributed by atoms with Gasteiger partial charge in [-0.3, -0.25) is 4.90 Å². The lowest BCUT2D eigenvalue weighted by atomic mass is 9.93. The molecule has 1 aliphatic carbocycles. The van der Waals surface area contributed by atoms with Gasteiger partial charge in [-0.1, -0.05) is 57.4 Å². The fourth-order valence-electron chi connectivity index (χ4n) is 3.52. The summed E-state index contributed by atoms with van der Waals surface area (Å²) in [4.78, 5) is 2.70. The van der Waals surface area contributed by atoms with Crippen molar-refractivity contribution in [1.82, 2.24) is 10.2 Å². The van der Waals surface area contributed by atoms with Crippen molar-refractivity contribution in [2.24, 2.45) is 0 Å². The third kappa shape index (κ3) is 5.12. The second-order valence-corrected chi connectivity index (χ2v) is 6.23. The minimum absolute atomic E-state index is 0.811. The molecule has 21 heavy (non-hydrogen) atoms. The smallest absolute Gasteiger partial charge is 0.0239 e. The topological polar surface area (TPSA) is 15.3 Å². The van der Waals surface area contributed by atoms with Crippen LogP contribution in [0, 0.1) is 0 Å². The van der Waals surface area contributed by atoms with Gasteiger partial charge in [0, 0.05) is 12.6 Å². The van der Waals surface area contributed by atoms with E-state index in [2.05, 4.69) is 48.3 Å². The number of rotatable bonds is 8. The van der Waals surface area contributed by atoms with Crippen LogP contribution in [0.3, 0.4) is 0 Å². The summed E-state index contributed by atoms with van der Waals surface area (Å²) >= 11 is 0. The van der Waals surface area contributed by atoms with Crippen molar-refractivity contribution in [2.45, 2.75) is 65.0 Å². The molecule has 1 fully saturated rings. The molecule has 1 aromatic rings. The van der Waals surface area contributed by atoms with Crippen molar-refractivity contribution in [1.29, 1.82) is 0 Å². The molecule has 0 atom stereocenters. The molecule has 1 N–H and O–H groups in total. The fourth-order valence-corrected chi connectivity index (χ4v) is 3.52. The summed E-state index contributed by atoms with van der Waals surface area (Å²) in [5, 5.41) is 3.44. The summed E-state index contributed by atoms with van der Waals surface area (Å²) in [5.74, 6) is 0. The van der Waals surface area contributed by atoms with Crippen molar-refractivity contribution in [3.63, 3.8) is 0 Å². The molecule has 0 saturated heterocycles. The summed E-state index contributed by atoms with van der Waals surface area (Å²) in [6.07, 6.45) is 8.22. The first-order valence-electron chi connectivity index (χ1n) is 8.86. The van der Waals surface area contributed by atoms with Gasteiger partial charge in [0.25, 0.3) is 0 Å². The molecule has 0 aliphatic heterocycles. The Kier molecular flexibility index (Phi) is 7.25. The quantitative estimate of drug-likeness (QED) is 0.728. The van der Waals surface area contributed by atoms with E-state index in [4.69, 9.17) is 0 Å². The first kappa shape index (κ1) is 16.5. The molecule has 0 amide bonds. The lowest BCUT2D eigenvalue weighted by molar-refractivity contribution is 0.155. The number of nitrogens with zero attached hydrogens (tertiary/aromatic N) is 1. The lowest BCUT2D eigenvalue weighted by Crippen LogP contribution is -2.36. The highest BCUT2D eigenvalue weighted by Gasteiger charge is 2.20. The summed E-state index contributed by atoms with van der Waals surface area (Å²) in [5.41, 5.74) is 3.05. The van der Waals surface area contributed by atoms with Crippen LogP contribution in [-0.2, 0) is 13.0 Å². The van der Waals surface area contributed by atoms with E-state index >= 15 is 0 Å². The Morgan fingerprint density at radius 2 is 1.76 bits per heavy atom.